The average molecular weight is 286 g/mol. The third kappa shape index (κ3) is 2.99. The van der Waals surface area contributed by atoms with Crippen LogP contribution in [0.1, 0.15) is 6.92 Å². The molecule has 0 aromatic carbocycles. The van der Waals surface area contributed by atoms with Crippen molar-refractivity contribution in [3.8, 4) is 0 Å². The maximum Gasteiger partial charge on any atom is 0.324 e. The average Bonchev–Trinajstić information content (AvgIpc) is 3.00. The topological polar surface area (TPSA) is 105 Å². The van der Waals surface area contributed by atoms with Gasteiger partial charge in [0.05, 0.1) is 19.3 Å². The molecule has 104 valence electrons. The molecule has 2 atom stereocenters. The molecule has 1 aromatic heterocycles. The lowest BCUT2D eigenvalue weighted by Crippen LogP contribution is -2.48. The minimum atomic E-state index is -0.954. The molecule has 0 spiro atoms. The summed E-state index contributed by atoms with van der Waals surface area (Å²) < 4.78 is 5.17. The van der Waals surface area contributed by atoms with Crippen LogP contribution < -0.4 is 5.32 Å². The number of amides is 2. The Balaban J connectivity index is 2.06. The van der Waals surface area contributed by atoms with Crippen LogP contribution in [0.25, 0.3) is 0 Å². The van der Waals surface area contributed by atoms with Gasteiger partial charge in [0.25, 0.3) is 0 Å². The molecule has 2 amide bonds. The molecule has 1 aliphatic heterocycles. The lowest BCUT2D eigenvalue weighted by atomic mass is 10.0. The van der Waals surface area contributed by atoms with Crippen LogP contribution in [0.2, 0.25) is 0 Å². The van der Waals surface area contributed by atoms with E-state index in [9.17, 15) is 9.59 Å². The third-order valence-electron chi connectivity index (χ3n) is 2.94. The van der Waals surface area contributed by atoms with Crippen molar-refractivity contribution in [3.05, 3.63) is 5.51 Å². The Bertz CT molecular complexity index is 452. The highest BCUT2D eigenvalue weighted by molar-refractivity contribution is 7.13. The van der Waals surface area contributed by atoms with Crippen LogP contribution in [0.3, 0.4) is 0 Å². The van der Waals surface area contributed by atoms with Crippen LogP contribution in [0.4, 0.5) is 9.93 Å². The van der Waals surface area contributed by atoms with Crippen molar-refractivity contribution in [1.29, 1.82) is 0 Å². The van der Waals surface area contributed by atoms with E-state index < -0.39 is 17.9 Å². The molecule has 2 N–H and O–H groups in total. The number of nitrogens with zero attached hydrogens (tertiary/aromatic N) is 3. The van der Waals surface area contributed by atoms with E-state index in [1.54, 1.807) is 6.92 Å². The normalized spacial score (nSPS) is 22.2. The number of ether oxygens (including phenoxy) is 1. The van der Waals surface area contributed by atoms with E-state index >= 15 is 0 Å². The number of carboxylic acids is 1. The molecule has 0 aliphatic carbocycles. The minimum absolute atomic E-state index is 0.128. The highest BCUT2D eigenvalue weighted by Crippen LogP contribution is 2.21. The van der Waals surface area contributed by atoms with Gasteiger partial charge >= 0.3 is 12.0 Å². The predicted molar refractivity (Wildman–Crippen MR) is 67.0 cm³/mol. The van der Waals surface area contributed by atoms with Gasteiger partial charge in [-0.05, 0) is 6.92 Å². The van der Waals surface area contributed by atoms with Crippen LogP contribution in [0.15, 0.2) is 5.51 Å². The van der Waals surface area contributed by atoms with Gasteiger partial charge in [0, 0.05) is 6.54 Å². The lowest BCUT2D eigenvalue weighted by Gasteiger charge is -2.28. The number of nitrogens with one attached hydrogen (secondary N) is 1. The van der Waals surface area contributed by atoms with Crippen molar-refractivity contribution >= 4 is 28.5 Å². The fourth-order valence-corrected chi connectivity index (χ4v) is 2.44. The number of anilines is 1. The summed E-state index contributed by atoms with van der Waals surface area (Å²) in [5.74, 6) is -1.65. The number of carboxylic acid groups (broad SMARTS) is 1. The summed E-state index contributed by atoms with van der Waals surface area (Å²) in [7, 11) is 0. The predicted octanol–water partition coefficient (Wildman–Crippen LogP) is 0.491. The molecular weight excluding hydrogens is 272 g/mol. The first-order chi connectivity index (χ1) is 9.13. The number of likely N-dealkylation sites (N-methyl/N-ethyl adjacent to an activating group) is 1. The van der Waals surface area contributed by atoms with Crippen molar-refractivity contribution in [3.63, 3.8) is 0 Å². The van der Waals surface area contributed by atoms with E-state index in [1.807, 2.05) is 0 Å². The third-order valence-corrected chi connectivity index (χ3v) is 3.55. The Morgan fingerprint density at radius 3 is 3.00 bits per heavy atom. The summed E-state index contributed by atoms with van der Waals surface area (Å²) in [6.07, 6.45) is 0. The zero-order valence-electron chi connectivity index (χ0n) is 10.3. The molecular formula is C10H14N4O4S. The van der Waals surface area contributed by atoms with Crippen LogP contribution in [-0.2, 0) is 9.53 Å². The smallest absolute Gasteiger partial charge is 0.324 e. The quantitative estimate of drug-likeness (QED) is 0.834. The summed E-state index contributed by atoms with van der Waals surface area (Å²) in [6.45, 7) is 2.54. The number of carbonyl (C=O) groups excluding carboxylic acids is 1. The van der Waals surface area contributed by atoms with Gasteiger partial charge in [0.1, 0.15) is 11.4 Å². The van der Waals surface area contributed by atoms with E-state index in [0.29, 0.717) is 11.7 Å². The lowest BCUT2D eigenvalue weighted by molar-refractivity contribution is -0.142. The molecule has 0 bridgehead atoms. The number of carbonyl (C=O) groups is 2. The summed E-state index contributed by atoms with van der Waals surface area (Å²) in [6, 6.07) is -0.851. The zero-order valence-corrected chi connectivity index (χ0v) is 11.1. The Morgan fingerprint density at radius 2 is 2.42 bits per heavy atom. The Kier molecular flexibility index (Phi) is 4.27. The summed E-state index contributed by atoms with van der Waals surface area (Å²) >= 11 is 1.20. The summed E-state index contributed by atoms with van der Waals surface area (Å²) in [4.78, 5) is 24.7. The van der Waals surface area contributed by atoms with Crippen molar-refractivity contribution in [2.45, 2.75) is 13.0 Å². The van der Waals surface area contributed by atoms with Crippen LogP contribution in [0, 0.1) is 5.92 Å². The van der Waals surface area contributed by atoms with E-state index in [1.165, 1.54) is 21.7 Å². The van der Waals surface area contributed by atoms with Gasteiger partial charge in [-0.1, -0.05) is 11.3 Å². The molecule has 1 fully saturated rings. The number of aliphatic carboxylic acids is 1. The summed E-state index contributed by atoms with van der Waals surface area (Å²) in [5.41, 5.74) is 1.50. The maximum absolute atomic E-state index is 12.1. The highest BCUT2D eigenvalue weighted by atomic mass is 32.1. The van der Waals surface area contributed by atoms with Gasteiger partial charge in [0.2, 0.25) is 5.13 Å². The van der Waals surface area contributed by atoms with E-state index in [0.717, 1.165) is 0 Å². The standard InChI is InChI=1S/C10H14N4O4S/c1-2-14(7-4-18-3-6(7)8(15)16)10(17)12-9-13-11-5-19-9/h5-7H,2-4H2,1H3,(H,15,16)(H,12,13,17). The molecule has 1 aromatic rings. The van der Waals surface area contributed by atoms with Gasteiger partial charge in [0.15, 0.2) is 0 Å². The molecule has 8 nitrogen and oxygen atoms in total. The molecule has 1 saturated heterocycles. The number of urea groups is 1. The molecule has 0 saturated carbocycles. The van der Waals surface area contributed by atoms with Crippen LogP contribution >= 0.6 is 11.3 Å². The maximum atomic E-state index is 12.1. The largest absolute Gasteiger partial charge is 0.481 e. The number of aromatic nitrogens is 2. The second-order valence-corrected chi connectivity index (χ2v) is 4.84. The van der Waals surface area contributed by atoms with Gasteiger partial charge in [-0.3, -0.25) is 10.1 Å². The Morgan fingerprint density at radius 1 is 1.63 bits per heavy atom. The second-order valence-electron chi connectivity index (χ2n) is 4.01. The van der Waals surface area contributed by atoms with Crippen molar-refractivity contribution in [1.82, 2.24) is 15.1 Å². The van der Waals surface area contributed by atoms with Crippen molar-refractivity contribution in [2.24, 2.45) is 5.92 Å². The first kappa shape index (κ1) is 13.7. The molecule has 0 radical (unpaired) electrons. The van der Waals surface area contributed by atoms with Gasteiger partial charge in [-0.15, -0.1) is 10.2 Å². The Labute approximate surface area is 113 Å². The van der Waals surface area contributed by atoms with Crippen LogP contribution in [0.5, 0.6) is 0 Å². The van der Waals surface area contributed by atoms with E-state index in [2.05, 4.69) is 15.5 Å². The van der Waals surface area contributed by atoms with Crippen molar-refractivity contribution in [2.75, 3.05) is 25.1 Å². The van der Waals surface area contributed by atoms with Gasteiger partial charge in [-0.25, -0.2) is 4.79 Å². The molecule has 9 heteroatoms. The van der Waals surface area contributed by atoms with E-state index in [4.69, 9.17) is 9.84 Å². The minimum Gasteiger partial charge on any atom is -0.481 e. The van der Waals surface area contributed by atoms with Gasteiger partial charge < -0.3 is 14.7 Å². The molecule has 2 heterocycles. The molecule has 1 aliphatic rings. The Hall–Kier alpha value is -1.74. The monoisotopic (exact) mass is 286 g/mol. The van der Waals surface area contributed by atoms with Gasteiger partial charge in [-0.2, -0.15) is 0 Å². The van der Waals surface area contributed by atoms with Crippen molar-refractivity contribution < 1.29 is 19.4 Å². The fraction of sp³-hybridized carbons (Fsp3) is 0.600. The number of hydrogen-bond acceptors (Lipinski definition) is 6. The highest BCUT2D eigenvalue weighted by Gasteiger charge is 2.39. The fourth-order valence-electron chi connectivity index (χ4n) is 2.01. The summed E-state index contributed by atoms with van der Waals surface area (Å²) in [5, 5.41) is 19.4. The zero-order chi connectivity index (χ0) is 13.8. The SMILES string of the molecule is CCN(C(=O)Nc1nncs1)C1COCC1C(=O)O. The second kappa shape index (κ2) is 5.93. The first-order valence-corrected chi connectivity index (χ1v) is 6.65. The first-order valence-electron chi connectivity index (χ1n) is 5.77. The number of rotatable bonds is 4. The molecule has 2 rings (SSSR count). The van der Waals surface area contributed by atoms with Crippen LogP contribution in [-0.4, -0.2) is 58.0 Å². The number of hydrogen-bond donors (Lipinski definition) is 2. The van der Waals surface area contributed by atoms with E-state index in [-0.39, 0.29) is 19.2 Å². The molecule has 2 unspecified atom stereocenters. The molecule has 19 heavy (non-hydrogen) atoms.